The minimum absolute atomic E-state index is 0.0247. The summed E-state index contributed by atoms with van der Waals surface area (Å²) in [6.45, 7) is 0. The third-order valence-electron chi connectivity index (χ3n) is 4.62. The Morgan fingerprint density at radius 2 is 1.90 bits per heavy atom. The molecule has 6 nitrogen and oxygen atoms in total. The van der Waals surface area contributed by atoms with E-state index in [0.717, 1.165) is 10.8 Å². The van der Waals surface area contributed by atoms with E-state index in [1.54, 1.807) is 41.2 Å². The average molecular weight is 415 g/mol. The fourth-order valence-electron chi connectivity index (χ4n) is 3.03. The molecule has 0 amide bonds. The second-order valence-corrected chi connectivity index (χ2v) is 7.68. The number of fused-ring (bicyclic) bond motifs is 1. The average Bonchev–Trinajstić information content (AvgIpc) is 3.16. The molecular formula is C23H17N3O3S. The van der Waals surface area contributed by atoms with E-state index in [4.69, 9.17) is 0 Å². The number of carbonyl (C=O) groups excluding carboxylic acids is 1. The highest BCUT2D eigenvalue weighted by Gasteiger charge is 2.17. The molecule has 0 saturated carbocycles. The number of nitro groups is 1. The Morgan fingerprint density at radius 3 is 2.63 bits per heavy atom. The molecule has 0 aliphatic heterocycles. The fraction of sp³-hybridized carbons (Fsp3) is 0.0435. The maximum Gasteiger partial charge on any atom is 0.283 e. The minimum Gasteiger partial charge on any atom is -0.329 e. The largest absolute Gasteiger partial charge is 0.329 e. The number of ketones is 1. The third kappa shape index (κ3) is 4.16. The first-order chi connectivity index (χ1) is 14.5. The van der Waals surface area contributed by atoms with Crippen LogP contribution in [-0.4, -0.2) is 20.3 Å². The maximum atomic E-state index is 12.6. The monoisotopic (exact) mass is 415 g/mol. The van der Waals surface area contributed by atoms with Gasteiger partial charge in [0.05, 0.1) is 9.82 Å². The van der Waals surface area contributed by atoms with E-state index in [-0.39, 0.29) is 11.5 Å². The Hall–Kier alpha value is -3.71. The van der Waals surface area contributed by atoms with Gasteiger partial charge in [-0.1, -0.05) is 48.5 Å². The highest BCUT2D eigenvalue weighted by Crippen LogP contribution is 2.34. The van der Waals surface area contributed by atoms with Crippen LogP contribution in [0.15, 0.2) is 89.2 Å². The lowest BCUT2D eigenvalue weighted by atomic mass is 10.0. The number of hydrogen-bond donors (Lipinski definition) is 0. The van der Waals surface area contributed by atoms with Gasteiger partial charge in [0.1, 0.15) is 0 Å². The van der Waals surface area contributed by atoms with Gasteiger partial charge in [-0.3, -0.25) is 14.9 Å². The molecule has 0 atom stereocenters. The minimum atomic E-state index is -0.423. The van der Waals surface area contributed by atoms with Crippen molar-refractivity contribution in [1.82, 2.24) is 9.55 Å². The van der Waals surface area contributed by atoms with Crippen molar-refractivity contribution in [2.75, 3.05) is 0 Å². The smallest absolute Gasteiger partial charge is 0.283 e. The molecule has 30 heavy (non-hydrogen) atoms. The third-order valence-corrected chi connectivity index (χ3v) is 5.76. The molecule has 0 aliphatic rings. The van der Waals surface area contributed by atoms with Crippen molar-refractivity contribution >= 4 is 40.1 Å². The second-order valence-electron chi connectivity index (χ2n) is 6.67. The van der Waals surface area contributed by atoms with Gasteiger partial charge in [0.15, 0.2) is 10.9 Å². The lowest BCUT2D eigenvalue weighted by Crippen LogP contribution is -1.95. The molecule has 0 radical (unpaired) electrons. The number of rotatable bonds is 6. The molecule has 4 rings (SSSR count). The van der Waals surface area contributed by atoms with Gasteiger partial charge in [0.2, 0.25) is 0 Å². The van der Waals surface area contributed by atoms with Crippen LogP contribution in [0.2, 0.25) is 0 Å². The summed E-state index contributed by atoms with van der Waals surface area (Å²) in [5, 5.41) is 14.3. The normalized spacial score (nSPS) is 11.2. The number of imidazole rings is 1. The topological polar surface area (TPSA) is 78.0 Å². The maximum absolute atomic E-state index is 12.6. The van der Waals surface area contributed by atoms with Crippen molar-refractivity contribution < 1.29 is 9.72 Å². The van der Waals surface area contributed by atoms with E-state index in [9.17, 15) is 14.9 Å². The molecule has 4 aromatic rings. The van der Waals surface area contributed by atoms with Crippen LogP contribution in [0.25, 0.3) is 16.8 Å². The number of nitro benzene ring substituents is 1. The lowest BCUT2D eigenvalue weighted by Gasteiger charge is -2.04. The van der Waals surface area contributed by atoms with Crippen LogP contribution in [0, 0.1) is 10.1 Å². The zero-order valence-corrected chi connectivity index (χ0v) is 16.9. The van der Waals surface area contributed by atoms with Crippen molar-refractivity contribution in [3.05, 3.63) is 100 Å². The zero-order chi connectivity index (χ0) is 21.1. The summed E-state index contributed by atoms with van der Waals surface area (Å²) in [4.78, 5) is 28.4. The first-order valence-corrected chi connectivity index (χ1v) is 9.98. The number of aryl methyl sites for hydroxylation is 1. The number of carbonyl (C=O) groups is 1. The molecule has 0 unspecified atom stereocenters. The van der Waals surface area contributed by atoms with Crippen molar-refractivity contribution in [3.8, 4) is 0 Å². The first kappa shape index (κ1) is 19.6. The van der Waals surface area contributed by atoms with Gasteiger partial charge >= 0.3 is 0 Å². The molecule has 0 fully saturated rings. The standard InChI is InChI=1S/C23H17N3O3S/c1-25-13-12-24-23(25)30-22-11-7-16(14-20(22)26(28)29)6-10-21(27)19-9-8-17-4-2-3-5-18(17)15-19/h2-15H,1H3. The van der Waals surface area contributed by atoms with Gasteiger partial charge in [-0.2, -0.15) is 0 Å². The molecule has 0 spiro atoms. The van der Waals surface area contributed by atoms with Gasteiger partial charge in [-0.15, -0.1) is 0 Å². The summed E-state index contributed by atoms with van der Waals surface area (Å²) in [6, 6.07) is 18.3. The van der Waals surface area contributed by atoms with E-state index in [2.05, 4.69) is 4.98 Å². The Morgan fingerprint density at radius 1 is 1.10 bits per heavy atom. The summed E-state index contributed by atoms with van der Waals surface area (Å²) in [7, 11) is 1.83. The van der Waals surface area contributed by atoms with Crippen molar-refractivity contribution in [1.29, 1.82) is 0 Å². The van der Waals surface area contributed by atoms with Gasteiger partial charge < -0.3 is 4.57 Å². The second kappa shape index (κ2) is 8.34. The molecule has 148 valence electrons. The number of hydrogen-bond acceptors (Lipinski definition) is 5. The summed E-state index contributed by atoms with van der Waals surface area (Å²) in [5.74, 6) is -0.158. The van der Waals surface area contributed by atoms with Crippen LogP contribution < -0.4 is 0 Å². The number of benzene rings is 3. The Bertz CT molecular complexity index is 1290. The summed E-state index contributed by atoms with van der Waals surface area (Å²) in [6.07, 6.45) is 6.46. The molecule has 0 saturated heterocycles. The Balaban J connectivity index is 1.58. The highest BCUT2D eigenvalue weighted by atomic mass is 32.2. The fourth-order valence-corrected chi connectivity index (χ4v) is 3.92. The predicted octanol–water partition coefficient (Wildman–Crippen LogP) is 5.53. The molecule has 1 heterocycles. The van der Waals surface area contributed by atoms with Gasteiger partial charge in [0.25, 0.3) is 5.69 Å². The van der Waals surface area contributed by atoms with E-state index in [1.165, 1.54) is 23.9 Å². The lowest BCUT2D eigenvalue weighted by molar-refractivity contribution is -0.387. The van der Waals surface area contributed by atoms with Crippen LogP contribution in [0.4, 0.5) is 5.69 Å². The van der Waals surface area contributed by atoms with Crippen molar-refractivity contribution in [3.63, 3.8) is 0 Å². The predicted molar refractivity (Wildman–Crippen MR) is 118 cm³/mol. The first-order valence-electron chi connectivity index (χ1n) is 9.16. The zero-order valence-electron chi connectivity index (χ0n) is 16.1. The Kier molecular flexibility index (Phi) is 5.45. The molecule has 0 aliphatic carbocycles. The SMILES string of the molecule is Cn1ccnc1Sc1ccc(C=CC(=O)c2ccc3ccccc3c2)cc1[N+](=O)[O-]. The molecular weight excluding hydrogens is 398 g/mol. The molecule has 0 N–H and O–H groups in total. The van der Waals surface area contributed by atoms with Crippen molar-refractivity contribution in [2.24, 2.45) is 7.05 Å². The van der Waals surface area contributed by atoms with Crippen molar-refractivity contribution in [2.45, 2.75) is 10.1 Å². The number of nitrogens with zero attached hydrogens (tertiary/aromatic N) is 3. The summed E-state index contributed by atoms with van der Waals surface area (Å²) in [5.41, 5.74) is 1.13. The number of allylic oxidation sites excluding steroid dienone is 1. The number of aromatic nitrogens is 2. The van der Waals surface area contributed by atoms with Gasteiger partial charge in [-0.25, -0.2) is 4.98 Å². The van der Waals surface area contributed by atoms with Crippen LogP contribution in [0.1, 0.15) is 15.9 Å². The van der Waals surface area contributed by atoms with Crippen LogP contribution in [-0.2, 0) is 7.05 Å². The molecule has 1 aromatic heterocycles. The highest BCUT2D eigenvalue weighted by molar-refractivity contribution is 7.99. The van der Waals surface area contributed by atoms with E-state index in [1.807, 2.05) is 43.4 Å². The summed E-state index contributed by atoms with van der Waals surface area (Å²) >= 11 is 1.23. The van der Waals surface area contributed by atoms with E-state index >= 15 is 0 Å². The van der Waals surface area contributed by atoms with E-state index < -0.39 is 4.92 Å². The quantitative estimate of drug-likeness (QED) is 0.179. The Labute approximate surface area is 177 Å². The van der Waals surface area contributed by atoms with E-state index in [0.29, 0.717) is 21.2 Å². The van der Waals surface area contributed by atoms with Crippen LogP contribution in [0.5, 0.6) is 0 Å². The van der Waals surface area contributed by atoms with Crippen LogP contribution in [0.3, 0.4) is 0 Å². The van der Waals surface area contributed by atoms with Crippen LogP contribution >= 0.6 is 11.8 Å². The van der Waals surface area contributed by atoms with Gasteiger partial charge in [-0.05, 0) is 46.3 Å². The summed E-state index contributed by atoms with van der Waals surface area (Å²) < 4.78 is 1.80. The van der Waals surface area contributed by atoms with Gasteiger partial charge in [0, 0.05) is 31.1 Å². The molecule has 3 aromatic carbocycles. The molecule has 7 heteroatoms. The molecule has 0 bridgehead atoms.